The zero-order valence-corrected chi connectivity index (χ0v) is 11.8. The second kappa shape index (κ2) is 5.29. The van der Waals surface area contributed by atoms with Crippen molar-refractivity contribution >= 4 is 5.69 Å². The normalized spacial score (nSPS) is 20.0. The Hall–Kier alpha value is -1.80. The molecule has 0 saturated carbocycles. The Morgan fingerprint density at radius 1 is 1.10 bits per heavy atom. The average molecular weight is 267 g/mol. The number of hydrogen-bond acceptors (Lipinski definition) is 2. The van der Waals surface area contributed by atoms with Gasteiger partial charge in [-0.15, -0.1) is 0 Å². The highest BCUT2D eigenvalue weighted by molar-refractivity contribution is 5.58. The number of hydrogen-bond donors (Lipinski definition) is 2. The van der Waals surface area contributed by atoms with Crippen molar-refractivity contribution in [1.82, 2.24) is 0 Å². The summed E-state index contributed by atoms with van der Waals surface area (Å²) in [7, 11) is 0. The molecule has 2 aromatic carbocycles. The van der Waals surface area contributed by atoms with Crippen LogP contribution >= 0.6 is 0 Å². The molecule has 1 heterocycles. The van der Waals surface area contributed by atoms with Gasteiger partial charge in [-0.3, -0.25) is 0 Å². The fourth-order valence-corrected chi connectivity index (χ4v) is 3.21. The van der Waals surface area contributed by atoms with Gasteiger partial charge in [0.15, 0.2) is 0 Å². The lowest BCUT2D eigenvalue weighted by Crippen LogP contribution is -2.43. The molecule has 2 atom stereocenters. The molecule has 2 unspecified atom stereocenters. The maximum atomic E-state index is 11.3. The van der Waals surface area contributed by atoms with E-state index < -0.39 is 5.60 Å². The molecule has 1 aliphatic rings. The van der Waals surface area contributed by atoms with E-state index in [2.05, 4.69) is 30.4 Å². The second-order valence-electron chi connectivity index (χ2n) is 5.60. The molecular formula is C18H21NO. The molecule has 0 amide bonds. The fourth-order valence-electron chi connectivity index (χ4n) is 3.21. The molecule has 0 aromatic heterocycles. The Morgan fingerprint density at radius 3 is 2.50 bits per heavy atom. The van der Waals surface area contributed by atoms with Gasteiger partial charge in [0.05, 0.1) is 6.04 Å². The largest absolute Gasteiger partial charge is 0.383 e. The van der Waals surface area contributed by atoms with Crippen LogP contribution in [0.1, 0.15) is 30.9 Å². The van der Waals surface area contributed by atoms with E-state index in [1.807, 2.05) is 36.4 Å². The summed E-state index contributed by atoms with van der Waals surface area (Å²) in [6.07, 6.45) is 2.60. The van der Waals surface area contributed by atoms with E-state index in [9.17, 15) is 5.11 Å². The third kappa shape index (κ3) is 2.20. The van der Waals surface area contributed by atoms with Crippen molar-refractivity contribution in [2.75, 3.05) is 5.32 Å². The van der Waals surface area contributed by atoms with Crippen LogP contribution in [0.5, 0.6) is 0 Å². The first-order valence-corrected chi connectivity index (χ1v) is 7.36. The molecule has 0 radical (unpaired) electrons. The van der Waals surface area contributed by atoms with Crippen LogP contribution < -0.4 is 5.32 Å². The molecule has 0 spiro atoms. The molecule has 104 valence electrons. The van der Waals surface area contributed by atoms with Crippen molar-refractivity contribution in [1.29, 1.82) is 0 Å². The van der Waals surface area contributed by atoms with Gasteiger partial charge in [-0.05, 0) is 30.0 Å². The van der Waals surface area contributed by atoms with Gasteiger partial charge in [0, 0.05) is 5.69 Å². The number of benzene rings is 2. The summed E-state index contributed by atoms with van der Waals surface area (Å²) in [5.41, 5.74) is 2.65. The SMILES string of the molecule is CCCC(O)(c1ccccc1)C1Cc2ccccc2N1. The highest BCUT2D eigenvalue weighted by atomic mass is 16.3. The van der Waals surface area contributed by atoms with Crippen molar-refractivity contribution in [3.05, 3.63) is 65.7 Å². The minimum Gasteiger partial charge on any atom is -0.383 e. The number of aliphatic hydroxyl groups is 1. The number of anilines is 1. The standard InChI is InChI=1S/C18H21NO/c1-2-12-18(20,15-9-4-3-5-10-15)17-13-14-8-6-7-11-16(14)19-17/h3-11,17,19-20H,2,12-13H2,1H3. The Balaban J connectivity index is 1.93. The topological polar surface area (TPSA) is 32.3 Å². The van der Waals surface area contributed by atoms with Crippen LogP contribution in [-0.4, -0.2) is 11.1 Å². The molecule has 20 heavy (non-hydrogen) atoms. The molecule has 0 aliphatic carbocycles. The zero-order valence-electron chi connectivity index (χ0n) is 11.8. The first-order valence-electron chi connectivity index (χ1n) is 7.36. The highest BCUT2D eigenvalue weighted by Gasteiger charge is 2.40. The molecular weight excluding hydrogens is 246 g/mol. The first-order chi connectivity index (χ1) is 9.74. The molecule has 0 fully saturated rings. The minimum absolute atomic E-state index is 0.0437. The number of para-hydroxylation sites is 1. The smallest absolute Gasteiger partial charge is 0.110 e. The summed E-state index contributed by atoms with van der Waals surface area (Å²) < 4.78 is 0. The summed E-state index contributed by atoms with van der Waals surface area (Å²) in [6.45, 7) is 2.12. The Morgan fingerprint density at radius 2 is 1.80 bits per heavy atom. The number of nitrogens with one attached hydrogen (secondary N) is 1. The predicted molar refractivity (Wildman–Crippen MR) is 82.8 cm³/mol. The molecule has 3 rings (SSSR count). The molecule has 2 nitrogen and oxygen atoms in total. The maximum Gasteiger partial charge on any atom is 0.110 e. The average Bonchev–Trinajstić information content (AvgIpc) is 2.93. The lowest BCUT2D eigenvalue weighted by atomic mass is 9.81. The van der Waals surface area contributed by atoms with Crippen molar-refractivity contribution in [2.45, 2.75) is 37.8 Å². The van der Waals surface area contributed by atoms with Crippen molar-refractivity contribution in [2.24, 2.45) is 0 Å². The summed E-state index contributed by atoms with van der Waals surface area (Å²) in [5.74, 6) is 0. The molecule has 0 saturated heterocycles. The molecule has 2 aromatic rings. The van der Waals surface area contributed by atoms with Crippen molar-refractivity contribution in [3.63, 3.8) is 0 Å². The van der Waals surface area contributed by atoms with Gasteiger partial charge in [-0.2, -0.15) is 0 Å². The van der Waals surface area contributed by atoms with Crippen LogP contribution in [0.15, 0.2) is 54.6 Å². The zero-order chi connectivity index (χ0) is 14.0. The van der Waals surface area contributed by atoms with E-state index in [1.165, 1.54) is 5.56 Å². The first kappa shape index (κ1) is 13.2. The molecule has 2 N–H and O–H groups in total. The monoisotopic (exact) mass is 267 g/mol. The van der Waals surface area contributed by atoms with Gasteiger partial charge in [-0.1, -0.05) is 61.9 Å². The third-order valence-electron chi connectivity index (χ3n) is 4.25. The van der Waals surface area contributed by atoms with E-state index in [1.54, 1.807) is 0 Å². The van der Waals surface area contributed by atoms with Gasteiger partial charge >= 0.3 is 0 Å². The summed E-state index contributed by atoms with van der Waals surface area (Å²) in [4.78, 5) is 0. The van der Waals surface area contributed by atoms with E-state index in [0.717, 1.165) is 30.5 Å². The van der Waals surface area contributed by atoms with Crippen molar-refractivity contribution in [3.8, 4) is 0 Å². The summed E-state index contributed by atoms with van der Waals surface area (Å²) in [5, 5.41) is 14.8. The van der Waals surface area contributed by atoms with E-state index in [-0.39, 0.29) is 6.04 Å². The van der Waals surface area contributed by atoms with E-state index in [0.29, 0.717) is 0 Å². The summed E-state index contributed by atoms with van der Waals surface area (Å²) >= 11 is 0. The lowest BCUT2D eigenvalue weighted by molar-refractivity contribution is 0.00873. The van der Waals surface area contributed by atoms with E-state index >= 15 is 0 Å². The van der Waals surface area contributed by atoms with Crippen LogP contribution in [0.25, 0.3) is 0 Å². The van der Waals surface area contributed by atoms with Gasteiger partial charge in [0.2, 0.25) is 0 Å². The van der Waals surface area contributed by atoms with Crippen LogP contribution in [-0.2, 0) is 12.0 Å². The van der Waals surface area contributed by atoms with Gasteiger partial charge in [-0.25, -0.2) is 0 Å². The minimum atomic E-state index is -0.810. The lowest BCUT2D eigenvalue weighted by Gasteiger charge is -2.35. The quantitative estimate of drug-likeness (QED) is 0.885. The molecule has 0 bridgehead atoms. The van der Waals surface area contributed by atoms with Gasteiger partial charge in [0.1, 0.15) is 5.60 Å². The fraction of sp³-hybridized carbons (Fsp3) is 0.333. The van der Waals surface area contributed by atoms with Crippen LogP contribution in [0, 0.1) is 0 Å². The molecule has 1 aliphatic heterocycles. The van der Waals surface area contributed by atoms with E-state index in [4.69, 9.17) is 0 Å². The Labute approximate surface area is 120 Å². The Bertz CT molecular complexity index is 556. The number of rotatable bonds is 4. The van der Waals surface area contributed by atoms with Crippen molar-refractivity contribution < 1.29 is 5.11 Å². The third-order valence-corrected chi connectivity index (χ3v) is 4.25. The maximum absolute atomic E-state index is 11.3. The Kier molecular flexibility index (Phi) is 3.49. The van der Waals surface area contributed by atoms with Crippen LogP contribution in [0.3, 0.4) is 0 Å². The second-order valence-corrected chi connectivity index (χ2v) is 5.60. The van der Waals surface area contributed by atoms with Gasteiger partial charge < -0.3 is 10.4 Å². The predicted octanol–water partition coefficient (Wildman–Crippen LogP) is 3.71. The summed E-state index contributed by atoms with van der Waals surface area (Å²) in [6, 6.07) is 18.4. The van der Waals surface area contributed by atoms with Crippen LogP contribution in [0.4, 0.5) is 5.69 Å². The highest BCUT2D eigenvalue weighted by Crippen LogP contribution is 2.38. The van der Waals surface area contributed by atoms with Gasteiger partial charge in [0.25, 0.3) is 0 Å². The van der Waals surface area contributed by atoms with Crippen LogP contribution in [0.2, 0.25) is 0 Å². The number of fused-ring (bicyclic) bond motifs is 1. The molecule has 2 heteroatoms.